The molecule has 3 aliphatic heterocycles. The van der Waals surface area contributed by atoms with Crippen molar-refractivity contribution in [3.8, 4) is 11.1 Å². The summed E-state index contributed by atoms with van der Waals surface area (Å²) in [7, 11) is 1.74. The minimum Gasteiger partial charge on any atom is -0.378 e. The predicted octanol–water partition coefficient (Wildman–Crippen LogP) is 4.19. The second-order valence-corrected chi connectivity index (χ2v) is 11.1. The third-order valence-corrected chi connectivity index (χ3v) is 7.63. The third kappa shape index (κ3) is 6.24. The molecule has 0 spiro atoms. The number of methoxy groups -OCH3 is 1. The lowest BCUT2D eigenvalue weighted by atomic mass is 10.0. The van der Waals surface area contributed by atoms with Gasteiger partial charge in [-0.25, -0.2) is 0 Å². The Hall–Kier alpha value is -2.71. The highest BCUT2D eigenvalue weighted by Gasteiger charge is 2.26. The molecule has 0 saturated carbocycles. The van der Waals surface area contributed by atoms with E-state index in [0.29, 0.717) is 0 Å². The minimum absolute atomic E-state index is 0.164. The minimum atomic E-state index is -0.164. The first-order chi connectivity index (χ1) is 17.9. The smallest absolute Gasteiger partial charge is 0.153 e. The van der Waals surface area contributed by atoms with Gasteiger partial charge in [0.1, 0.15) is 0 Å². The molecule has 2 fully saturated rings. The molecule has 0 N–H and O–H groups in total. The topological polar surface area (TPSA) is 44.3 Å². The predicted molar refractivity (Wildman–Crippen MR) is 149 cm³/mol. The molecular formula is C30H41N5O2. The lowest BCUT2D eigenvalue weighted by Gasteiger charge is -2.42. The van der Waals surface area contributed by atoms with Crippen LogP contribution < -0.4 is 4.90 Å². The first kappa shape index (κ1) is 25.9. The number of nitrogens with zero attached hydrogens (tertiary/aromatic N) is 5. The fraction of sp³-hybridized carbons (Fsp3) is 0.500. The summed E-state index contributed by atoms with van der Waals surface area (Å²) in [6, 6.07) is 11.2. The second kappa shape index (κ2) is 11.4. The highest BCUT2D eigenvalue weighted by Crippen LogP contribution is 2.29. The Balaban J connectivity index is 1.27. The Morgan fingerprint density at radius 3 is 2.35 bits per heavy atom. The van der Waals surface area contributed by atoms with E-state index in [1.165, 1.54) is 16.8 Å². The molecule has 4 heterocycles. The molecule has 1 unspecified atom stereocenters. The van der Waals surface area contributed by atoms with Crippen LogP contribution in [0, 0.1) is 0 Å². The van der Waals surface area contributed by atoms with Gasteiger partial charge in [0.15, 0.2) is 6.23 Å². The maximum atomic E-state index is 5.77. The molecule has 1 atom stereocenters. The van der Waals surface area contributed by atoms with Crippen LogP contribution in [0.2, 0.25) is 0 Å². The molecule has 37 heavy (non-hydrogen) atoms. The van der Waals surface area contributed by atoms with Gasteiger partial charge in [-0.3, -0.25) is 14.8 Å². The zero-order chi connectivity index (χ0) is 25.8. The number of anilines is 1. The Bertz CT molecular complexity index is 1090. The fourth-order valence-corrected chi connectivity index (χ4v) is 5.32. The molecule has 0 bridgehead atoms. The zero-order valence-electron chi connectivity index (χ0n) is 22.8. The number of morpholine rings is 1. The van der Waals surface area contributed by atoms with Crippen LogP contribution in [-0.2, 0) is 16.0 Å². The number of hydrogen-bond donors (Lipinski definition) is 0. The molecule has 0 amide bonds. The summed E-state index contributed by atoms with van der Waals surface area (Å²) >= 11 is 0. The summed E-state index contributed by atoms with van der Waals surface area (Å²) < 4.78 is 11.3. The van der Waals surface area contributed by atoms with Crippen LogP contribution in [0.5, 0.6) is 0 Å². The first-order valence-electron chi connectivity index (χ1n) is 13.5. The number of benzene rings is 1. The first-order valence-corrected chi connectivity index (χ1v) is 13.5. The summed E-state index contributed by atoms with van der Waals surface area (Å²) in [5, 5.41) is 0. The number of ether oxygens (including phenoxy) is 2. The molecule has 0 radical (unpaired) electrons. The third-order valence-electron chi connectivity index (χ3n) is 7.63. The molecule has 7 heteroatoms. The SMILES string of the molecule is COC1C=CC(N2CCOCC2)=CN1c1cncc(-c2ccc(CN3CCN(C(C)(C)C)CC3)cc2)c1. The van der Waals surface area contributed by atoms with Gasteiger partial charge in [-0.2, -0.15) is 0 Å². The van der Waals surface area contributed by atoms with Crippen molar-refractivity contribution >= 4 is 5.69 Å². The molecule has 7 nitrogen and oxygen atoms in total. The van der Waals surface area contributed by atoms with E-state index in [2.05, 4.69) is 94.0 Å². The van der Waals surface area contributed by atoms with Crippen molar-refractivity contribution < 1.29 is 9.47 Å². The lowest BCUT2D eigenvalue weighted by molar-refractivity contribution is 0.0544. The van der Waals surface area contributed by atoms with Crippen molar-refractivity contribution in [2.75, 3.05) is 64.5 Å². The van der Waals surface area contributed by atoms with Crippen LogP contribution >= 0.6 is 0 Å². The number of hydrogen-bond acceptors (Lipinski definition) is 7. The lowest BCUT2D eigenvalue weighted by Crippen LogP contribution is -2.53. The number of aromatic nitrogens is 1. The fourth-order valence-electron chi connectivity index (χ4n) is 5.32. The van der Waals surface area contributed by atoms with E-state index in [-0.39, 0.29) is 11.8 Å². The van der Waals surface area contributed by atoms with Gasteiger partial charge < -0.3 is 19.3 Å². The number of piperazine rings is 1. The van der Waals surface area contributed by atoms with Gasteiger partial charge >= 0.3 is 0 Å². The summed E-state index contributed by atoms with van der Waals surface area (Å²) in [5.41, 5.74) is 6.08. The van der Waals surface area contributed by atoms with Crippen molar-refractivity contribution in [1.82, 2.24) is 19.7 Å². The van der Waals surface area contributed by atoms with E-state index in [9.17, 15) is 0 Å². The van der Waals surface area contributed by atoms with Gasteiger partial charge in [0.05, 0.1) is 30.8 Å². The van der Waals surface area contributed by atoms with E-state index in [1.54, 1.807) is 7.11 Å². The van der Waals surface area contributed by atoms with Gasteiger partial charge in [0.25, 0.3) is 0 Å². The van der Waals surface area contributed by atoms with Gasteiger partial charge in [-0.15, -0.1) is 0 Å². The number of rotatable bonds is 6. The van der Waals surface area contributed by atoms with Crippen molar-refractivity contribution in [1.29, 1.82) is 0 Å². The summed E-state index contributed by atoms with van der Waals surface area (Å²) in [6.45, 7) is 15.8. The van der Waals surface area contributed by atoms with Crippen molar-refractivity contribution in [2.45, 2.75) is 39.1 Å². The van der Waals surface area contributed by atoms with Gasteiger partial charge in [0.2, 0.25) is 0 Å². The maximum Gasteiger partial charge on any atom is 0.153 e. The van der Waals surface area contributed by atoms with Crippen molar-refractivity contribution in [3.05, 3.63) is 72.3 Å². The van der Waals surface area contributed by atoms with Crippen LogP contribution in [-0.4, -0.2) is 91.0 Å². The van der Waals surface area contributed by atoms with Gasteiger partial charge in [-0.1, -0.05) is 24.3 Å². The van der Waals surface area contributed by atoms with Crippen molar-refractivity contribution in [3.63, 3.8) is 0 Å². The number of allylic oxidation sites excluding steroid dienone is 1. The molecular weight excluding hydrogens is 462 g/mol. The number of pyridine rings is 1. The largest absolute Gasteiger partial charge is 0.378 e. The van der Waals surface area contributed by atoms with E-state index in [0.717, 1.165) is 70.3 Å². The van der Waals surface area contributed by atoms with Gasteiger partial charge in [-0.05, 0) is 50.1 Å². The van der Waals surface area contributed by atoms with Gasteiger partial charge in [0, 0.05) is 76.4 Å². The van der Waals surface area contributed by atoms with Crippen molar-refractivity contribution in [2.24, 2.45) is 0 Å². The average Bonchev–Trinajstić information content (AvgIpc) is 2.93. The molecule has 0 aliphatic carbocycles. The molecule has 2 saturated heterocycles. The van der Waals surface area contributed by atoms with Crippen LogP contribution in [0.15, 0.2) is 66.8 Å². The van der Waals surface area contributed by atoms with E-state index in [4.69, 9.17) is 9.47 Å². The van der Waals surface area contributed by atoms with E-state index in [1.807, 2.05) is 12.4 Å². The Labute approximate surface area is 222 Å². The van der Waals surface area contributed by atoms with Crippen LogP contribution in [0.3, 0.4) is 0 Å². The molecule has 198 valence electrons. The Morgan fingerprint density at radius 1 is 0.946 bits per heavy atom. The quantitative estimate of drug-likeness (QED) is 0.586. The molecule has 3 aliphatic rings. The second-order valence-electron chi connectivity index (χ2n) is 11.1. The summed E-state index contributed by atoms with van der Waals surface area (Å²) in [5.74, 6) is 0. The summed E-state index contributed by atoms with van der Waals surface area (Å²) in [4.78, 5) is 14.3. The molecule has 1 aromatic carbocycles. The molecule has 1 aromatic heterocycles. The van der Waals surface area contributed by atoms with Crippen LogP contribution in [0.4, 0.5) is 5.69 Å². The summed E-state index contributed by atoms with van der Waals surface area (Å²) in [6.07, 6.45) is 10.1. The maximum absolute atomic E-state index is 5.77. The monoisotopic (exact) mass is 503 g/mol. The van der Waals surface area contributed by atoms with E-state index < -0.39 is 0 Å². The Morgan fingerprint density at radius 2 is 1.68 bits per heavy atom. The zero-order valence-corrected chi connectivity index (χ0v) is 22.8. The average molecular weight is 504 g/mol. The normalized spacial score (nSPS) is 21.8. The standard InChI is InChI=1S/C30H41N5O2/c1-30(2,3)34-13-11-32(12-14-34)22-24-5-7-25(8-6-24)26-19-28(21-31-20-26)35-23-27(9-10-29(35)36-4)33-15-17-37-18-16-33/h5-10,19-21,23,29H,11-18,22H2,1-4H3. The van der Waals surface area contributed by atoms with E-state index >= 15 is 0 Å². The molecule has 2 aromatic rings. The Kier molecular flexibility index (Phi) is 7.95. The van der Waals surface area contributed by atoms with Crippen LogP contribution in [0.1, 0.15) is 26.3 Å². The van der Waals surface area contributed by atoms with Crippen LogP contribution in [0.25, 0.3) is 11.1 Å². The highest BCUT2D eigenvalue weighted by molar-refractivity contribution is 5.68. The highest BCUT2D eigenvalue weighted by atomic mass is 16.5. The molecule has 5 rings (SSSR count).